The fourth-order valence-electron chi connectivity index (χ4n) is 2.12. The van der Waals surface area contributed by atoms with Crippen LogP contribution in [-0.2, 0) is 4.74 Å². The number of carbonyl (C=O) groups excluding carboxylic acids is 1. The zero-order valence-corrected chi connectivity index (χ0v) is 11.7. The number of benzene rings is 1. The molecule has 3 N–H and O–H groups in total. The van der Waals surface area contributed by atoms with Crippen LogP contribution < -0.4 is 16.0 Å². The molecule has 2 aromatic rings. The molecule has 0 aliphatic rings. The predicted octanol–water partition coefficient (Wildman–Crippen LogP) is 2.01. The quantitative estimate of drug-likeness (QED) is 0.504. The number of aryl methyl sites for hydroxylation is 1. The predicted molar refractivity (Wildman–Crippen MR) is 76.8 cm³/mol. The van der Waals surface area contributed by atoms with Crippen LogP contribution >= 0.6 is 0 Å². The minimum absolute atomic E-state index is 0.290. The maximum absolute atomic E-state index is 11.9. The summed E-state index contributed by atoms with van der Waals surface area (Å²) in [5.41, 5.74) is 4.95. The Bertz CT molecular complexity index is 656. The van der Waals surface area contributed by atoms with E-state index in [1.54, 1.807) is 14.0 Å². The number of methoxy groups -OCH3 is 1. The molecule has 1 aromatic heterocycles. The topological polar surface area (TPSA) is 86.5 Å². The lowest BCUT2D eigenvalue weighted by Gasteiger charge is -2.14. The highest BCUT2D eigenvalue weighted by Crippen LogP contribution is 2.33. The van der Waals surface area contributed by atoms with Gasteiger partial charge in [0.2, 0.25) is 0 Å². The summed E-state index contributed by atoms with van der Waals surface area (Å²) in [6.45, 7) is 3.95. The van der Waals surface area contributed by atoms with Gasteiger partial charge in [0.05, 0.1) is 19.4 Å². The molecule has 0 aliphatic heterocycles. The van der Waals surface area contributed by atoms with Crippen molar-refractivity contribution < 1.29 is 14.3 Å². The summed E-state index contributed by atoms with van der Waals surface area (Å²) in [5, 5.41) is 0.748. The Kier molecular flexibility index (Phi) is 4.05. The van der Waals surface area contributed by atoms with Gasteiger partial charge in [0.15, 0.2) is 0 Å². The molecule has 0 saturated heterocycles. The number of carbonyl (C=O) groups is 1. The molecule has 0 fully saturated rings. The first-order valence-corrected chi connectivity index (χ1v) is 6.24. The van der Waals surface area contributed by atoms with Gasteiger partial charge >= 0.3 is 5.97 Å². The van der Waals surface area contributed by atoms with Gasteiger partial charge in [0.25, 0.3) is 0 Å². The molecule has 0 radical (unpaired) electrons. The molecule has 0 saturated carbocycles. The summed E-state index contributed by atoms with van der Waals surface area (Å²) >= 11 is 0. The van der Waals surface area contributed by atoms with Gasteiger partial charge in [-0.1, -0.05) is 6.07 Å². The van der Waals surface area contributed by atoms with E-state index in [0.717, 1.165) is 10.9 Å². The first-order chi connectivity index (χ1) is 9.63. The second-order valence-corrected chi connectivity index (χ2v) is 4.22. The standard InChI is InChI=1S/C14H17N3O3/c1-4-20-14(18)9-7-16-13-10(19-3)6-5-8(2)11(13)12(9)17-15/h5-7H,4,15H2,1-3H3,(H,16,17). The molecule has 0 unspecified atom stereocenters. The van der Waals surface area contributed by atoms with Crippen LogP contribution in [0.1, 0.15) is 22.8 Å². The minimum Gasteiger partial charge on any atom is -0.494 e. The lowest BCUT2D eigenvalue weighted by atomic mass is 10.0. The number of nitrogens with zero attached hydrogens (tertiary/aromatic N) is 1. The summed E-state index contributed by atoms with van der Waals surface area (Å²) < 4.78 is 10.3. The Morgan fingerprint density at radius 2 is 2.20 bits per heavy atom. The number of hydrazine groups is 1. The zero-order chi connectivity index (χ0) is 14.7. The number of rotatable bonds is 4. The Hall–Kier alpha value is -2.34. The lowest BCUT2D eigenvalue weighted by Crippen LogP contribution is -2.15. The van der Waals surface area contributed by atoms with Gasteiger partial charge in [-0.15, -0.1) is 0 Å². The van der Waals surface area contributed by atoms with Crippen LogP contribution in [0.5, 0.6) is 5.75 Å². The van der Waals surface area contributed by atoms with Crippen LogP contribution in [0.2, 0.25) is 0 Å². The number of nitrogens with two attached hydrogens (primary N) is 1. The number of esters is 1. The van der Waals surface area contributed by atoms with Crippen LogP contribution in [0, 0.1) is 6.92 Å². The number of hydrogen-bond donors (Lipinski definition) is 2. The fraction of sp³-hybridized carbons (Fsp3) is 0.286. The zero-order valence-electron chi connectivity index (χ0n) is 11.7. The van der Waals surface area contributed by atoms with Gasteiger partial charge in [-0.25, -0.2) is 4.79 Å². The molecule has 1 aromatic carbocycles. The first kappa shape index (κ1) is 14.1. The van der Waals surface area contributed by atoms with E-state index in [9.17, 15) is 4.79 Å². The number of pyridine rings is 1. The first-order valence-electron chi connectivity index (χ1n) is 6.24. The summed E-state index contributed by atoms with van der Waals surface area (Å²) in [7, 11) is 1.57. The average Bonchev–Trinajstić information content (AvgIpc) is 2.46. The monoisotopic (exact) mass is 275 g/mol. The van der Waals surface area contributed by atoms with E-state index >= 15 is 0 Å². The normalized spacial score (nSPS) is 10.4. The number of hydrogen-bond acceptors (Lipinski definition) is 6. The van der Waals surface area contributed by atoms with Crippen molar-refractivity contribution in [2.75, 3.05) is 19.1 Å². The summed E-state index contributed by atoms with van der Waals surface area (Å²) in [5.74, 6) is 5.75. The van der Waals surface area contributed by atoms with Crippen molar-refractivity contribution in [3.63, 3.8) is 0 Å². The van der Waals surface area contributed by atoms with Crippen molar-refractivity contribution in [3.8, 4) is 5.75 Å². The molecule has 0 aliphatic carbocycles. The highest BCUT2D eigenvalue weighted by molar-refractivity contribution is 6.07. The molecular formula is C14H17N3O3. The van der Waals surface area contributed by atoms with E-state index in [1.807, 2.05) is 19.1 Å². The SMILES string of the molecule is CCOC(=O)c1cnc2c(OC)ccc(C)c2c1NN. The number of anilines is 1. The highest BCUT2D eigenvalue weighted by Gasteiger charge is 2.18. The third-order valence-corrected chi connectivity index (χ3v) is 3.05. The van der Waals surface area contributed by atoms with E-state index in [1.165, 1.54) is 6.20 Å². The molecule has 0 bridgehead atoms. The van der Waals surface area contributed by atoms with Gasteiger partial charge in [0.1, 0.15) is 16.8 Å². The molecular weight excluding hydrogens is 258 g/mol. The molecule has 1 heterocycles. The van der Waals surface area contributed by atoms with Gasteiger partial charge in [-0.3, -0.25) is 10.8 Å². The number of nitrogens with one attached hydrogen (secondary N) is 1. The van der Waals surface area contributed by atoms with E-state index in [-0.39, 0.29) is 6.61 Å². The molecule has 106 valence electrons. The van der Waals surface area contributed by atoms with E-state index in [4.69, 9.17) is 15.3 Å². The van der Waals surface area contributed by atoms with Crippen LogP contribution in [0.4, 0.5) is 5.69 Å². The van der Waals surface area contributed by atoms with Crippen LogP contribution in [0.25, 0.3) is 10.9 Å². The third-order valence-electron chi connectivity index (χ3n) is 3.05. The molecule has 6 nitrogen and oxygen atoms in total. The van der Waals surface area contributed by atoms with E-state index in [2.05, 4.69) is 10.4 Å². The fourth-order valence-corrected chi connectivity index (χ4v) is 2.12. The number of nitrogen functional groups attached to an aromatic ring is 1. The molecule has 6 heteroatoms. The second-order valence-electron chi connectivity index (χ2n) is 4.22. The number of fused-ring (bicyclic) bond motifs is 1. The van der Waals surface area contributed by atoms with Crippen molar-refractivity contribution >= 4 is 22.6 Å². The smallest absolute Gasteiger partial charge is 0.341 e. The Morgan fingerprint density at radius 3 is 2.80 bits per heavy atom. The Morgan fingerprint density at radius 1 is 1.45 bits per heavy atom. The lowest BCUT2D eigenvalue weighted by molar-refractivity contribution is 0.0527. The summed E-state index contributed by atoms with van der Waals surface area (Å²) in [6.07, 6.45) is 1.44. The van der Waals surface area contributed by atoms with Crippen molar-refractivity contribution in [1.82, 2.24) is 4.98 Å². The largest absolute Gasteiger partial charge is 0.494 e. The van der Waals surface area contributed by atoms with Gasteiger partial charge in [-0.2, -0.15) is 0 Å². The number of ether oxygens (including phenoxy) is 2. The van der Waals surface area contributed by atoms with Crippen molar-refractivity contribution in [2.45, 2.75) is 13.8 Å². The van der Waals surface area contributed by atoms with E-state index < -0.39 is 5.97 Å². The van der Waals surface area contributed by atoms with Crippen LogP contribution in [0.3, 0.4) is 0 Å². The van der Waals surface area contributed by atoms with Crippen molar-refractivity contribution in [2.24, 2.45) is 5.84 Å². The van der Waals surface area contributed by atoms with Crippen LogP contribution in [0.15, 0.2) is 18.3 Å². The summed E-state index contributed by atoms with van der Waals surface area (Å²) in [6, 6.07) is 3.72. The Labute approximate surface area is 116 Å². The van der Waals surface area contributed by atoms with E-state index in [0.29, 0.717) is 22.5 Å². The molecule has 20 heavy (non-hydrogen) atoms. The Balaban J connectivity index is 2.76. The van der Waals surface area contributed by atoms with Gasteiger partial charge < -0.3 is 14.9 Å². The number of aromatic nitrogens is 1. The van der Waals surface area contributed by atoms with Crippen LogP contribution in [-0.4, -0.2) is 24.7 Å². The van der Waals surface area contributed by atoms with Gasteiger partial charge in [0, 0.05) is 11.6 Å². The maximum Gasteiger partial charge on any atom is 0.341 e. The molecule has 0 amide bonds. The average molecular weight is 275 g/mol. The highest BCUT2D eigenvalue weighted by atomic mass is 16.5. The maximum atomic E-state index is 11.9. The van der Waals surface area contributed by atoms with Crippen molar-refractivity contribution in [3.05, 3.63) is 29.5 Å². The molecule has 0 atom stereocenters. The second kappa shape index (κ2) is 5.75. The molecule has 2 rings (SSSR count). The third kappa shape index (κ3) is 2.25. The van der Waals surface area contributed by atoms with Crippen molar-refractivity contribution in [1.29, 1.82) is 0 Å². The van der Waals surface area contributed by atoms with Gasteiger partial charge in [-0.05, 0) is 25.5 Å². The summed E-state index contributed by atoms with van der Waals surface area (Å²) in [4.78, 5) is 16.2. The molecule has 0 spiro atoms. The minimum atomic E-state index is -0.461.